The minimum Gasteiger partial charge on any atom is -0.376 e. The van der Waals surface area contributed by atoms with E-state index in [-0.39, 0.29) is 22.3 Å². The molecule has 1 aliphatic rings. The van der Waals surface area contributed by atoms with Crippen LogP contribution in [0.2, 0.25) is 0 Å². The maximum absolute atomic E-state index is 12.6. The molecule has 116 valence electrons. The maximum Gasteiger partial charge on any atom is 0.211 e. The quantitative estimate of drug-likeness (QED) is 0.930. The van der Waals surface area contributed by atoms with Crippen LogP contribution in [0, 0.1) is 13.8 Å². The molecular formula is C19H16ClNO2. The first-order chi connectivity index (χ1) is 11.0. The summed E-state index contributed by atoms with van der Waals surface area (Å²) in [5.74, 6) is -0.557. The highest BCUT2D eigenvalue weighted by Crippen LogP contribution is 2.27. The largest absolute Gasteiger partial charge is 0.376 e. The Morgan fingerprint density at radius 3 is 2.22 bits per heavy atom. The van der Waals surface area contributed by atoms with Crippen LogP contribution in [0.3, 0.4) is 0 Å². The van der Waals surface area contributed by atoms with Gasteiger partial charge in [-0.15, -0.1) is 0 Å². The zero-order valence-corrected chi connectivity index (χ0v) is 13.7. The normalized spacial score (nSPS) is 14.0. The molecule has 23 heavy (non-hydrogen) atoms. The molecule has 0 bridgehead atoms. The van der Waals surface area contributed by atoms with Gasteiger partial charge >= 0.3 is 0 Å². The van der Waals surface area contributed by atoms with Crippen LogP contribution in [0.4, 0.5) is 0 Å². The molecular weight excluding hydrogens is 310 g/mol. The fourth-order valence-electron chi connectivity index (χ4n) is 2.61. The summed E-state index contributed by atoms with van der Waals surface area (Å²) in [7, 11) is 0. The second-order valence-corrected chi connectivity index (χ2v) is 6.04. The van der Waals surface area contributed by atoms with Crippen LogP contribution in [0.15, 0.2) is 53.2 Å². The van der Waals surface area contributed by atoms with Crippen LogP contribution in [0.1, 0.15) is 37.4 Å². The van der Waals surface area contributed by atoms with Gasteiger partial charge in [-0.1, -0.05) is 54.1 Å². The predicted octanol–water partition coefficient (Wildman–Crippen LogP) is 3.92. The Bertz CT molecular complexity index is 852. The van der Waals surface area contributed by atoms with Gasteiger partial charge in [0, 0.05) is 17.7 Å². The number of fused-ring (bicyclic) bond motifs is 1. The summed E-state index contributed by atoms with van der Waals surface area (Å²) in [5.41, 5.74) is 4.35. The first-order valence-corrected chi connectivity index (χ1v) is 7.75. The molecule has 0 unspecified atom stereocenters. The van der Waals surface area contributed by atoms with Gasteiger partial charge in [0.1, 0.15) is 10.7 Å². The molecule has 0 heterocycles. The van der Waals surface area contributed by atoms with E-state index in [2.05, 4.69) is 11.4 Å². The summed E-state index contributed by atoms with van der Waals surface area (Å²) >= 11 is 6.13. The average Bonchev–Trinajstić information content (AvgIpc) is 2.56. The van der Waals surface area contributed by atoms with E-state index in [0.717, 1.165) is 5.56 Å². The van der Waals surface area contributed by atoms with Crippen molar-refractivity contribution in [2.24, 2.45) is 0 Å². The molecule has 0 aliphatic heterocycles. The molecule has 0 saturated carbocycles. The number of ketones is 2. The highest BCUT2D eigenvalue weighted by Gasteiger charge is 2.30. The molecule has 0 amide bonds. The van der Waals surface area contributed by atoms with E-state index in [9.17, 15) is 9.59 Å². The van der Waals surface area contributed by atoms with Crippen LogP contribution >= 0.6 is 11.6 Å². The average molecular weight is 326 g/mol. The second kappa shape index (κ2) is 6.01. The predicted molar refractivity (Wildman–Crippen MR) is 90.7 cm³/mol. The Labute approximate surface area is 140 Å². The lowest BCUT2D eigenvalue weighted by molar-refractivity contribution is 0.0974. The highest BCUT2D eigenvalue weighted by molar-refractivity contribution is 6.49. The van der Waals surface area contributed by atoms with Gasteiger partial charge in [-0.2, -0.15) is 0 Å². The van der Waals surface area contributed by atoms with Crippen LogP contribution < -0.4 is 5.32 Å². The molecule has 0 atom stereocenters. The zero-order chi connectivity index (χ0) is 16.6. The summed E-state index contributed by atoms with van der Waals surface area (Å²) < 4.78 is 0. The number of hydrogen-bond acceptors (Lipinski definition) is 3. The fraction of sp³-hybridized carbons (Fsp3) is 0.158. The lowest BCUT2D eigenvalue weighted by atomic mass is 9.92. The van der Waals surface area contributed by atoms with Crippen molar-refractivity contribution in [2.45, 2.75) is 20.4 Å². The number of hydrogen-bond donors (Lipinski definition) is 1. The van der Waals surface area contributed by atoms with Crippen LogP contribution in [0.25, 0.3) is 0 Å². The third-order valence-electron chi connectivity index (χ3n) is 4.10. The number of aryl methyl sites for hydroxylation is 2. The van der Waals surface area contributed by atoms with Gasteiger partial charge in [0.25, 0.3) is 0 Å². The molecule has 1 aliphatic carbocycles. The summed E-state index contributed by atoms with van der Waals surface area (Å²) in [6.07, 6.45) is 0. The molecule has 1 N–H and O–H groups in total. The Balaban J connectivity index is 1.88. The molecule has 0 fully saturated rings. The van der Waals surface area contributed by atoms with Crippen LogP contribution in [-0.4, -0.2) is 11.6 Å². The number of halogens is 1. The summed E-state index contributed by atoms with van der Waals surface area (Å²) in [6.45, 7) is 4.52. The Kier molecular flexibility index (Phi) is 4.05. The smallest absolute Gasteiger partial charge is 0.211 e. The molecule has 3 nitrogen and oxygen atoms in total. The molecule has 4 heteroatoms. The Hall–Kier alpha value is -2.39. The number of allylic oxidation sites excluding steroid dienone is 2. The Morgan fingerprint density at radius 2 is 1.57 bits per heavy atom. The lowest BCUT2D eigenvalue weighted by Crippen LogP contribution is -2.28. The van der Waals surface area contributed by atoms with Crippen molar-refractivity contribution in [3.63, 3.8) is 0 Å². The third-order valence-corrected chi connectivity index (χ3v) is 4.46. The van der Waals surface area contributed by atoms with Crippen molar-refractivity contribution in [2.75, 3.05) is 0 Å². The van der Waals surface area contributed by atoms with E-state index >= 15 is 0 Å². The van der Waals surface area contributed by atoms with Crippen molar-refractivity contribution >= 4 is 23.2 Å². The number of benzene rings is 2. The first kappa shape index (κ1) is 15.5. The number of Topliss-reactive ketones (excluding diaryl/α,β-unsaturated/α-hetero) is 2. The number of carbonyl (C=O) groups excluding carboxylic acids is 2. The van der Waals surface area contributed by atoms with E-state index in [4.69, 9.17) is 11.6 Å². The number of nitrogens with one attached hydrogen (secondary N) is 1. The summed E-state index contributed by atoms with van der Waals surface area (Å²) in [4.78, 5) is 24.9. The van der Waals surface area contributed by atoms with E-state index in [1.54, 1.807) is 24.3 Å². The number of carbonyl (C=O) groups is 2. The zero-order valence-electron chi connectivity index (χ0n) is 12.9. The van der Waals surface area contributed by atoms with Gasteiger partial charge in [-0.05, 0) is 30.5 Å². The molecule has 2 aromatic rings. The van der Waals surface area contributed by atoms with Crippen molar-refractivity contribution in [1.82, 2.24) is 5.32 Å². The summed E-state index contributed by atoms with van der Waals surface area (Å²) in [6, 6.07) is 12.8. The van der Waals surface area contributed by atoms with E-state index in [1.165, 1.54) is 11.1 Å². The molecule has 0 spiro atoms. The van der Waals surface area contributed by atoms with Gasteiger partial charge in [-0.25, -0.2) is 0 Å². The molecule has 0 saturated heterocycles. The first-order valence-electron chi connectivity index (χ1n) is 7.37. The third kappa shape index (κ3) is 2.80. The summed E-state index contributed by atoms with van der Waals surface area (Å²) in [5, 5.41) is 2.99. The van der Waals surface area contributed by atoms with Gasteiger partial charge in [0.15, 0.2) is 0 Å². The topological polar surface area (TPSA) is 46.2 Å². The van der Waals surface area contributed by atoms with Gasteiger partial charge in [0.2, 0.25) is 11.6 Å². The van der Waals surface area contributed by atoms with E-state index < -0.39 is 0 Å². The minimum atomic E-state index is -0.315. The Morgan fingerprint density at radius 1 is 0.913 bits per heavy atom. The standard InChI is InChI=1S/C19H16ClNO2/c1-11-7-8-13(9-12(11)2)10-21-17-16(20)18(22)14-5-3-4-6-15(14)19(17)23/h3-9,21H,10H2,1-2H3. The monoisotopic (exact) mass is 325 g/mol. The minimum absolute atomic E-state index is 0.0440. The molecule has 3 rings (SSSR count). The van der Waals surface area contributed by atoms with Gasteiger partial charge < -0.3 is 5.32 Å². The maximum atomic E-state index is 12.6. The molecule has 2 aromatic carbocycles. The van der Waals surface area contributed by atoms with E-state index in [1.807, 2.05) is 26.0 Å². The lowest BCUT2D eigenvalue weighted by Gasteiger charge is -2.19. The highest BCUT2D eigenvalue weighted by atomic mass is 35.5. The fourth-order valence-corrected chi connectivity index (χ4v) is 2.86. The van der Waals surface area contributed by atoms with Crippen LogP contribution in [0.5, 0.6) is 0 Å². The van der Waals surface area contributed by atoms with E-state index in [0.29, 0.717) is 17.7 Å². The van der Waals surface area contributed by atoms with Crippen molar-refractivity contribution < 1.29 is 9.59 Å². The van der Waals surface area contributed by atoms with Crippen molar-refractivity contribution in [3.8, 4) is 0 Å². The van der Waals surface area contributed by atoms with Gasteiger partial charge in [-0.3, -0.25) is 9.59 Å². The SMILES string of the molecule is Cc1ccc(CNC2=C(Cl)C(=O)c3ccccc3C2=O)cc1C. The second-order valence-electron chi connectivity index (χ2n) is 5.66. The molecule has 0 radical (unpaired) electrons. The van der Waals surface area contributed by atoms with Crippen LogP contribution in [-0.2, 0) is 6.54 Å². The molecule has 0 aromatic heterocycles. The van der Waals surface area contributed by atoms with Gasteiger partial charge in [0.05, 0.1) is 0 Å². The number of rotatable bonds is 3. The van der Waals surface area contributed by atoms with Crippen molar-refractivity contribution in [3.05, 3.63) is 81.0 Å². The van der Waals surface area contributed by atoms with Crippen molar-refractivity contribution in [1.29, 1.82) is 0 Å².